The third kappa shape index (κ3) is 4.24. The van der Waals surface area contributed by atoms with E-state index in [2.05, 4.69) is 0 Å². The summed E-state index contributed by atoms with van der Waals surface area (Å²) in [5.74, 6) is -1.78. The fourth-order valence-electron chi connectivity index (χ4n) is 1.16. The molecule has 0 saturated heterocycles. The second kappa shape index (κ2) is 5.96. The van der Waals surface area contributed by atoms with Crippen LogP contribution in [0.2, 0.25) is 0 Å². The Balaban J connectivity index is 2.83. The minimum absolute atomic E-state index is 0.316. The molecule has 1 heterocycles. The zero-order valence-electron chi connectivity index (χ0n) is 9.78. The third-order valence-corrected chi connectivity index (χ3v) is 5.99. The first-order chi connectivity index (χ1) is 8.69. The minimum Gasteiger partial charge on any atom is -0.477 e. The number of hydrogen-bond donors (Lipinski definition) is 3. The minimum atomic E-state index is -4.04. The summed E-state index contributed by atoms with van der Waals surface area (Å²) in [6.07, 6.45) is 0. The van der Waals surface area contributed by atoms with Gasteiger partial charge in [0.2, 0.25) is 20.0 Å². The lowest BCUT2D eigenvalue weighted by Gasteiger charge is -2.06. The first-order valence-corrected chi connectivity index (χ1v) is 8.93. The molecule has 0 amide bonds. The third-order valence-electron chi connectivity index (χ3n) is 2.09. The van der Waals surface area contributed by atoms with Crippen LogP contribution in [0, 0.1) is 0 Å². The maximum atomic E-state index is 11.8. The van der Waals surface area contributed by atoms with Gasteiger partial charge in [0.05, 0.1) is 5.75 Å². The molecule has 0 saturated carbocycles. The van der Waals surface area contributed by atoms with Gasteiger partial charge in [-0.2, -0.15) is 0 Å². The molecule has 1 aromatic rings. The Bertz CT molecular complexity index is 660. The number of rotatable bonds is 7. The highest BCUT2D eigenvalue weighted by Crippen LogP contribution is 2.21. The largest absolute Gasteiger partial charge is 0.477 e. The van der Waals surface area contributed by atoms with Crippen LogP contribution in [0.1, 0.15) is 9.67 Å². The van der Waals surface area contributed by atoms with Crippen LogP contribution in [0.3, 0.4) is 0 Å². The molecule has 0 aliphatic carbocycles. The van der Waals surface area contributed by atoms with Gasteiger partial charge in [0.15, 0.2) is 0 Å². The normalized spacial score (nSPS) is 12.5. The van der Waals surface area contributed by atoms with E-state index in [-0.39, 0.29) is 16.3 Å². The van der Waals surface area contributed by atoms with E-state index in [1.165, 1.54) is 12.4 Å². The van der Waals surface area contributed by atoms with Crippen LogP contribution < -0.4 is 9.44 Å². The highest BCUT2D eigenvalue weighted by Gasteiger charge is 2.23. The monoisotopic (exact) mass is 328 g/mol. The van der Waals surface area contributed by atoms with Crippen LogP contribution in [-0.4, -0.2) is 47.3 Å². The molecule has 0 fully saturated rings. The van der Waals surface area contributed by atoms with E-state index in [9.17, 15) is 21.6 Å². The van der Waals surface area contributed by atoms with Crippen LogP contribution in [0.25, 0.3) is 0 Å². The number of hydrogen-bond acceptors (Lipinski definition) is 6. The Kier molecular flexibility index (Phi) is 5.04. The van der Waals surface area contributed by atoms with Crippen LogP contribution >= 0.6 is 11.3 Å². The summed E-state index contributed by atoms with van der Waals surface area (Å²) < 4.78 is 49.9. The van der Waals surface area contributed by atoms with Gasteiger partial charge in [0, 0.05) is 6.54 Å². The predicted octanol–water partition coefficient (Wildman–Crippen LogP) is -0.726. The van der Waals surface area contributed by atoms with E-state index in [4.69, 9.17) is 5.11 Å². The second-order valence-electron chi connectivity index (χ2n) is 3.34. The summed E-state index contributed by atoms with van der Waals surface area (Å²) in [5, 5.41) is 10.2. The van der Waals surface area contributed by atoms with Gasteiger partial charge in [0.1, 0.15) is 9.77 Å². The van der Waals surface area contributed by atoms with Crippen molar-refractivity contribution in [2.24, 2.45) is 0 Å². The molecule has 8 nitrogen and oxygen atoms in total. The number of carboxylic acid groups (broad SMARTS) is 1. The van der Waals surface area contributed by atoms with Crippen LogP contribution in [0.4, 0.5) is 0 Å². The Morgan fingerprint density at radius 1 is 1.37 bits per heavy atom. The average molecular weight is 328 g/mol. The van der Waals surface area contributed by atoms with Gasteiger partial charge in [-0.05, 0) is 18.5 Å². The zero-order valence-corrected chi connectivity index (χ0v) is 12.2. The van der Waals surface area contributed by atoms with Crippen molar-refractivity contribution < 1.29 is 26.7 Å². The van der Waals surface area contributed by atoms with Gasteiger partial charge in [-0.15, -0.1) is 11.3 Å². The molecule has 1 aromatic heterocycles. The topological polar surface area (TPSA) is 130 Å². The molecule has 0 unspecified atom stereocenters. The van der Waals surface area contributed by atoms with Crippen molar-refractivity contribution >= 4 is 37.4 Å². The SMILES string of the molecule is CNS(=O)(=O)CCNS(=O)(=O)c1ccsc1C(=O)O. The van der Waals surface area contributed by atoms with Crippen molar-refractivity contribution in [1.82, 2.24) is 9.44 Å². The lowest BCUT2D eigenvalue weighted by Crippen LogP contribution is -2.33. The van der Waals surface area contributed by atoms with Crippen molar-refractivity contribution in [3.63, 3.8) is 0 Å². The molecule has 0 atom stereocenters. The number of thiophene rings is 1. The zero-order chi connectivity index (χ0) is 14.7. The molecule has 108 valence electrons. The summed E-state index contributed by atoms with van der Waals surface area (Å²) in [6.45, 7) is -0.347. The van der Waals surface area contributed by atoms with Crippen molar-refractivity contribution in [3.8, 4) is 0 Å². The van der Waals surface area contributed by atoms with Gasteiger partial charge in [-0.25, -0.2) is 31.1 Å². The van der Waals surface area contributed by atoms with E-state index in [1.54, 1.807) is 0 Å². The van der Waals surface area contributed by atoms with Gasteiger partial charge in [-0.3, -0.25) is 0 Å². The van der Waals surface area contributed by atoms with E-state index < -0.39 is 31.8 Å². The van der Waals surface area contributed by atoms with Crippen LogP contribution in [0.15, 0.2) is 16.3 Å². The summed E-state index contributed by atoms with van der Waals surface area (Å²) in [6, 6.07) is 1.16. The van der Waals surface area contributed by atoms with Crippen molar-refractivity contribution in [2.75, 3.05) is 19.3 Å². The molecule has 0 bridgehead atoms. The molecule has 0 radical (unpaired) electrons. The Morgan fingerprint density at radius 2 is 2.00 bits per heavy atom. The Morgan fingerprint density at radius 3 is 2.53 bits per heavy atom. The van der Waals surface area contributed by atoms with E-state index in [0.29, 0.717) is 0 Å². The summed E-state index contributed by atoms with van der Waals surface area (Å²) in [5.41, 5.74) is 0. The van der Waals surface area contributed by atoms with E-state index in [1.807, 2.05) is 9.44 Å². The van der Waals surface area contributed by atoms with Gasteiger partial charge < -0.3 is 5.11 Å². The Labute approximate surface area is 114 Å². The molecule has 0 aromatic carbocycles. The van der Waals surface area contributed by atoms with Crippen molar-refractivity contribution in [2.45, 2.75) is 4.90 Å². The average Bonchev–Trinajstić information content (AvgIpc) is 2.78. The fraction of sp³-hybridized carbons (Fsp3) is 0.375. The van der Waals surface area contributed by atoms with E-state index >= 15 is 0 Å². The smallest absolute Gasteiger partial charge is 0.347 e. The first kappa shape index (κ1) is 16.0. The lowest BCUT2D eigenvalue weighted by atomic mass is 10.5. The fourth-order valence-corrected chi connectivity index (χ4v) is 4.15. The quantitative estimate of drug-likeness (QED) is 0.605. The number of carboxylic acids is 1. The molecule has 3 N–H and O–H groups in total. The van der Waals surface area contributed by atoms with E-state index in [0.717, 1.165) is 17.4 Å². The van der Waals surface area contributed by atoms with Crippen LogP contribution in [0.5, 0.6) is 0 Å². The summed E-state index contributed by atoms with van der Waals surface area (Å²) in [7, 11) is -6.35. The predicted molar refractivity (Wildman–Crippen MR) is 69.3 cm³/mol. The molecule has 0 spiro atoms. The molecule has 11 heteroatoms. The Hall–Kier alpha value is -1.01. The molecular weight excluding hydrogens is 316 g/mol. The lowest BCUT2D eigenvalue weighted by molar-refractivity contribution is 0.0698. The molecule has 19 heavy (non-hydrogen) atoms. The second-order valence-corrected chi connectivity index (χ2v) is 8.04. The standard InChI is InChI=1S/C8H12N2O6S3/c1-9-18(13,14)5-3-10-19(15,16)6-2-4-17-7(6)8(11)12/h2,4,9-10H,3,5H2,1H3,(H,11,12). The van der Waals surface area contributed by atoms with Gasteiger partial charge in [0.25, 0.3) is 0 Å². The van der Waals surface area contributed by atoms with Gasteiger partial charge in [-0.1, -0.05) is 0 Å². The maximum Gasteiger partial charge on any atom is 0.347 e. The number of aromatic carboxylic acids is 1. The van der Waals surface area contributed by atoms with Crippen LogP contribution in [-0.2, 0) is 20.0 Å². The van der Waals surface area contributed by atoms with Gasteiger partial charge >= 0.3 is 5.97 Å². The number of nitrogens with one attached hydrogen (secondary N) is 2. The van der Waals surface area contributed by atoms with Crippen molar-refractivity contribution in [3.05, 3.63) is 16.3 Å². The first-order valence-electron chi connectivity index (χ1n) is 4.91. The number of carbonyl (C=O) groups is 1. The van der Waals surface area contributed by atoms with Crippen molar-refractivity contribution in [1.29, 1.82) is 0 Å². The number of sulfonamides is 2. The molecular formula is C8H12N2O6S3. The molecule has 0 aliphatic rings. The molecule has 1 rings (SSSR count). The summed E-state index contributed by atoms with van der Waals surface area (Å²) in [4.78, 5) is 10.1. The molecule has 0 aliphatic heterocycles. The maximum absolute atomic E-state index is 11.8. The summed E-state index contributed by atoms with van der Waals surface area (Å²) >= 11 is 0.779. The highest BCUT2D eigenvalue weighted by atomic mass is 32.2. The highest BCUT2D eigenvalue weighted by molar-refractivity contribution is 7.90.